The summed E-state index contributed by atoms with van der Waals surface area (Å²) in [5.41, 5.74) is 5.12. The fourth-order valence-electron chi connectivity index (χ4n) is 1.62. The van der Waals surface area contributed by atoms with Gasteiger partial charge in [-0.2, -0.15) is 0 Å². The highest BCUT2D eigenvalue weighted by atomic mass is 16.4. The number of carbonyl (C=O) groups excluding carboxylic acids is 3. The monoisotopic (exact) mass is 336 g/mol. The van der Waals surface area contributed by atoms with Crippen molar-refractivity contribution in [3.8, 4) is 0 Å². The van der Waals surface area contributed by atoms with Gasteiger partial charge in [0, 0.05) is 13.3 Å². The Balaban J connectivity index is 5.22. The van der Waals surface area contributed by atoms with Crippen LogP contribution < -0.4 is 11.1 Å². The summed E-state index contributed by atoms with van der Waals surface area (Å²) in [5.74, 6) is -5.04. The number of nitrogens with one attached hydrogen (secondary N) is 1. The van der Waals surface area contributed by atoms with Crippen LogP contribution in [0.3, 0.4) is 0 Å². The van der Waals surface area contributed by atoms with Crippen LogP contribution in [0.5, 0.6) is 0 Å². The maximum Gasteiger partial charge on any atom is 0.320 e. The number of aliphatic hydroxyl groups is 4. The molecule has 0 saturated carbocycles. The molecule has 0 unspecified atom stereocenters. The van der Waals surface area contributed by atoms with Crippen LogP contribution in [0.4, 0.5) is 0 Å². The fourth-order valence-corrected chi connectivity index (χ4v) is 1.62. The second-order valence-electron chi connectivity index (χ2n) is 4.85. The number of hydrogen-bond acceptors (Lipinski definition) is 9. The highest BCUT2D eigenvalue weighted by molar-refractivity contribution is 6.40. The minimum Gasteiger partial charge on any atom is -0.480 e. The normalized spacial score (nSPS) is 17.5. The number of carboxylic acid groups (broad SMARTS) is 1. The molecule has 0 aliphatic rings. The van der Waals surface area contributed by atoms with Crippen LogP contribution in [0.25, 0.3) is 0 Å². The number of rotatable bonds is 10. The van der Waals surface area contributed by atoms with Crippen molar-refractivity contribution < 1.29 is 44.7 Å². The molecule has 0 rings (SSSR count). The predicted octanol–water partition coefficient (Wildman–Crippen LogP) is -4.49. The highest BCUT2D eigenvalue weighted by Gasteiger charge is 2.39. The Morgan fingerprint density at radius 2 is 1.61 bits per heavy atom. The zero-order chi connectivity index (χ0) is 18.3. The molecular weight excluding hydrogens is 316 g/mol. The third-order valence-corrected chi connectivity index (χ3v) is 2.91. The second kappa shape index (κ2) is 9.27. The van der Waals surface area contributed by atoms with Crippen molar-refractivity contribution in [2.75, 3.05) is 6.61 Å². The Hall–Kier alpha value is -1.92. The number of Topliss-reactive ketones (excluding diaryl/α,β-unsaturated/α-hetero) is 2. The summed E-state index contributed by atoms with van der Waals surface area (Å²) in [6, 6.07) is -3.59. The van der Waals surface area contributed by atoms with E-state index in [-0.39, 0.29) is 0 Å². The minimum absolute atomic E-state index is 0.830. The number of nitrogens with two attached hydrogens (primary N) is 1. The molecular formula is C12H20N2O9. The standard InChI is InChI=1S/C12H20N2O9/c1-4(16)14-8(11(21)10(20)7(18)3-15)9(19)6(17)2-5(13)12(22)23/h5,7-8,10-11,15,18,20-21H,2-3,13H2,1H3,(H,14,16)(H,22,23)/t5-,7+,8-,10+,11+/m0/s1. The smallest absolute Gasteiger partial charge is 0.320 e. The van der Waals surface area contributed by atoms with Crippen molar-refractivity contribution in [3.63, 3.8) is 0 Å². The van der Waals surface area contributed by atoms with Gasteiger partial charge in [-0.05, 0) is 0 Å². The van der Waals surface area contributed by atoms with Crippen molar-refractivity contribution in [2.45, 2.75) is 43.7 Å². The van der Waals surface area contributed by atoms with Crippen molar-refractivity contribution >= 4 is 23.4 Å². The Morgan fingerprint density at radius 1 is 1.09 bits per heavy atom. The van der Waals surface area contributed by atoms with Crippen LogP contribution in [0, 0.1) is 0 Å². The fraction of sp³-hybridized carbons (Fsp3) is 0.667. The topological polar surface area (TPSA) is 207 Å². The van der Waals surface area contributed by atoms with Crippen LogP contribution in [-0.2, 0) is 19.2 Å². The van der Waals surface area contributed by atoms with E-state index < -0.39 is 66.9 Å². The number of carboxylic acids is 1. The molecule has 1 amide bonds. The van der Waals surface area contributed by atoms with Gasteiger partial charge in [0.25, 0.3) is 0 Å². The van der Waals surface area contributed by atoms with Gasteiger partial charge < -0.3 is 36.6 Å². The molecule has 0 heterocycles. The van der Waals surface area contributed by atoms with Crippen molar-refractivity contribution in [1.82, 2.24) is 5.32 Å². The van der Waals surface area contributed by atoms with Crippen molar-refractivity contribution in [3.05, 3.63) is 0 Å². The van der Waals surface area contributed by atoms with Gasteiger partial charge in [-0.3, -0.25) is 19.2 Å². The Morgan fingerprint density at radius 3 is 2.00 bits per heavy atom. The zero-order valence-electron chi connectivity index (χ0n) is 12.2. The SMILES string of the molecule is CC(=O)N[C@@H](C(=O)C(=O)C[C@H](N)C(=O)O)[C@@H](O)[C@H](O)[C@H](O)CO. The predicted molar refractivity (Wildman–Crippen MR) is 73.0 cm³/mol. The largest absolute Gasteiger partial charge is 0.480 e. The molecule has 132 valence electrons. The van der Waals surface area contributed by atoms with Crippen LogP contribution in [0.1, 0.15) is 13.3 Å². The number of hydrogen-bond donors (Lipinski definition) is 7. The van der Waals surface area contributed by atoms with E-state index in [0.29, 0.717) is 0 Å². The lowest BCUT2D eigenvalue weighted by Crippen LogP contribution is -2.57. The molecule has 23 heavy (non-hydrogen) atoms. The van der Waals surface area contributed by atoms with Crippen LogP contribution in [0.2, 0.25) is 0 Å². The number of aliphatic carboxylic acids is 1. The summed E-state index contributed by atoms with van der Waals surface area (Å²) < 4.78 is 0. The van der Waals surface area contributed by atoms with Crippen LogP contribution in [0.15, 0.2) is 0 Å². The first-order valence-electron chi connectivity index (χ1n) is 6.50. The molecule has 5 atom stereocenters. The molecule has 0 radical (unpaired) electrons. The second-order valence-corrected chi connectivity index (χ2v) is 4.85. The average molecular weight is 336 g/mol. The molecule has 0 bridgehead atoms. The maximum absolute atomic E-state index is 12.0. The van der Waals surface area contributed by atoms with Crippen LogP contribution in [-0.4, -0.2) is 86.0 Å². The number of aliphatic hydroxyl groups excluding tert-OH is 4. The van der Waals surface area contributed by atoms with E-state index in [1.807, 2.05) is 5.32 Å². The van der Waals surface area contributed by atoms with E-state index in [2.05, 4.69) is 0 Å². The molecule has 0 fully saturated rings. The third-order valence-electron chi connectivity index (χ3n) is 2.91. The van der Waals surface area contributed by atoms with E-state index in [1.54, 1.807) is 0 Å². The van der Waals surface area contributed by atoms with Gasteiger partial charge in [-0.25, -0.2) is 0 Å². The first-order valence-corrected chi connectivity index (χ1v) is 6.50. The first kappa shape index (κ1) is 21.1. The summed E-state index contributed by atoms with van der Waals surface area (Å²) in [7, 11) is 0. The van der Waals surface area contributed by atoms with Crippen molar-refractivity contribution in [2.24, 2.45) is 5.73 Å². The van der Waals surface area contributed by atoms with Crippen LogP contribution >= 0.6 is 0 Å². The van der Waals surface area contributed by atoms with E-state index in [9.17, 15) is 34.5 Å². The van der Waals surface area contributed by atoms with Crippen molar-refractivity contribution in [1.29, 1.82) is 0 Å². The van der Waals surface area contributed by atoms with Gasteiger partial charge >= 0.3 is 5.97 Å². The first-order chi connectivity index (χ1) is 10.5. The average Bonchev–Trinajstić information content (AvgIpc) is 2.48. The lowest BCUT2D eigenvalue weighted by atomic mass is 9.94. The van der Waals surface area contributed by atoms with E-state index in [1.165, 1.54) is 0 Å². The maximum atomic E-state index is 12.0. The summed E-state index contributed by atoms with van der Waals surface area (Å²) in [5, 5.41) is 47.9. The van der Waals surface area contributed by atoms with Gasteiger partial charge in [0.15, 0.2) is 0 Å². The molecule has 0 saturated heterocycles. The molecule has 8 N–H and O–H groups in total. The van der Waals surface area contributed by atoms with E-state index in [4.69, 9.17) is 15.9 Å². The van der Waals surface area contributed by atoms with Gasteiger partial charge in [0.05, 0.1) is 6.61 Å². The summed E-state index contributed by atoms with van der Waals surface area (Å²) in [6.07, 6.45) is -6.86. The van der Waals surface area contributed by atoms with Gasteiger partial charge in [-0.1, -0.05) is 0 Å². The quantitative estimate of drug-likeness (QED) is 0.190. The third kappa shape index (κ3) is 6.38. The molecule has 11 nitrogen and oxygen atoms in total. The lowest BCUT2D eigenvalue weighted by Gasteiger charge is -2.28. The molecule has 0 aromatic carbocycles. The Labute approximate surface area is 130 Å². The Kier molecular flexibility index (Phi) is 8.50. The van der Waals surface area contributed by atoms with Gasteiger partial charge in [0.1, 0.15) is 30.4 Å². The van der Waals surface area contributed by atoms with E-state index >= 15 is 0 Å². The highest BCUT2D eigenvalue weighted by Crippen LogP contribution is 2.08. The molecule has 11 heteroatoms. The molecule has 0 aromatic rings. The Bertz CT molecular complexity index is 467. The summed E-state index contributed by atoms with van der Waals surface area (Å²) in [6.45, 7) is 0.0202. The summed E-state index contributed by atoms with van der Waals surface area (Å²) >= 11 is 0. The number of amides is 1. The van der Waals surface area contributed by atoms with E-state index in [0.717, 1.165) is 6.92 Å². The lowest BCUT2D eigenvalue weighted by molar-refractivity contribution is -0.147. The molecule has 0 aliphatic carbocycles. The molecule has 0 aliphatic heterocycles. The number of ketones is 2. The molecule has 0 aromatic heterocycles. The number of carbonyl (C=O) groups is 4. The zero-order valence-corrected chi connectivity index (χ0v) is 12.2. The summed E-state index contributed by atoms with van der Waals surface area (Å²) in [4.78, 5) is 45.3. The van der Waals surface area contributed by atoms with Gasteiger partial charge in [0.2, 0.25) is 17.5 Å². The minimum atomic E-state index is -2.11. The molecule has 0 spiro atoms. The van der Waals surface area contributed by atoms with Gasteiger partial charge in [-0.15, -0.1) is 0 Å².